The van der Waals surface area contributed by atoms with Crippen LogP contribution in [0.2, 0.25) is 0 Å². The van der Waals surface area contributed by atoms with Crippen molar-refractivity contribution in [2.45, 2.75) is 296 Å². The maximum absolute atomic E-state index is 12.5. The maximum Gasteiger partial charge on any atom is 0.220 e. The molecule has 0 saturated heterocycles. The van der Waals surface area contributed by atoms with Crippen LogP contribution >= 0.6 is 0 Å². The number of aliphatic hydroxyl groups is 2. The van der Waals surface area contributed by atoms with Gasteiger partial charge in [0.1, 0.15) is 0 Å². The van der Waals surface area contributed by atoms with Crippen molar-refractivity contribution in [2.24, 2.45) is 0 Å². The van der Waals surface area contributed by atoms with Gasteiger partial charge in [0.15, 0.2) is 0 Å². The number of carbonyl (C=O) groups excluding carboxylic acids is 1. The molecule has 0 aromatic carbocycles. The molecule has 0 radical (unpaired) electrons. The number of unbranched alkanes of at least 4 members (excludes halogenated alkanes) is 26. The summed E-state index contributed by atoms with van der Waals surface area (Å²) < 4.78 is 0. The Morgan fingerprint density at radius 3 is 0.875 bits per heavy atom. The van der Waals surface area contributed by atoms with Gasteiger partial charge in [-0.1, -0.05) is 319 Å². The molecule has 0 aromatic heterocycles. The Morgan fingerprint density at radius 2 is 0.562 bits per heavy atom. The van der Waals surface area contributed by atoms with Crippen molar-refractivity contribution in [1.29, 1.82) is 0 Å². The first-order valence-electron chi connectivity index (χ1n) is 33.3. The molecule has 0 spiro atoms. The normalized spacial score (nSPS) is 13.9. The third-order valence-electron chi connectivity index (χ3n) is 14.2. The van der Waals surface area contributed by atoms with E-state index < -0.39 is 12.1 Å². The molecule has 0 heterocycles. The lowest BCUT2D eigenvalue weighted by Crippen LogP contribution is -2.45. The van der Waals surface area contributed by atoms with Crippen molar-refractivity contribution in [1.82, 2.24) is 5.32 Å². The van der Waals surface area contributed by atoms with Crippen molar-refractivity contribution in [2.75, 3.05) is 6.61 Å². The molecule has 0 aliphatic carbocycles. The van der Waals surface area contributed by atoms with Crippen LogP contribution in [-0.2, 0) is 4.79 Å². The van der Waals surface area contributed by atoms with E-state index in [0.29, 0.717) is 6.42 Å². The molecule has 4 nitrogen and oxygen atoms in total. The van der Waals surface area contributed by atoms with Crippen LogP contribution < -0.4 is 5.32 Å². The van der Waals surface area contributed by atoms with Crippen LogP contribution in [0.5, 0.6) is 0 Å². The molecule has 80 heavy (non-hydrogen) atoms. The first-order valence-corrected chi connectivity index (χ1v) is 33.3. The molecule has 0 aliphatic rings. The monoisotopic (exact) mass is 1100 g/mol. The summed E-state index contributed by atoms with van der Waals surface area (Å²) in [7, 11) is 0. The van der Waals surface area contributed by atoms with E-state index in [2.05, 4.69) is 177 Å². The molecule has 0 aliphatic heterocycles. The molecule has 1 amide bonds. The summed E-state index contributed by atoms with van der Waals surface area (Å²) in [6.45, 7) is 4.18. The molecule has 0 aromatic rings. The van der Waals surface area contributed by atoms with Gasteiger partial charge in [-0.2, -0.15) is 0 Å². The minimum atomic E-state index is -0.893. The Morgan fingerprint density at radius 1 is 0.312 bits per heavy atom. The molecular formula is C76H125NO3. The van der Waals surface area contributed by atoms with Crippen LogP contribution in [0.15, 0.2) is 170 Å². The number of rotatable bonds is 59. The van der Waals surface area contributed by atoms with Crippen LogP contribution in [0.3, 0.4) is 0 Å². The van der Waals surface area contributed by atoms with Crippen molar-refractivity contribution < 1.29 is 15.0 Å². The quantitative estimate of drug-likeness (QED) is 0.0420. The summed E-state index contributed by atoms with van der Waals surface area (Å²) in [4.78, 5) is 12.5. The van der Waals surface area contributed by atoms with E-state index in [4.69, 9.17) is 0 Å². The van der Waals surface area contributed by atoms with Crippen LogP contribution in [0, 0.1) is 0 Å². The lowest BCUT2D eigenvalue weighted by Gasteiger charge is -2.19. The summed E-state index contributed by atoms with van der Waals surface area (Å²) >= 11 is 0. The van der Waals surface area contributed by atoms with Gasteiger partial charge < -0.3 is 15.5 Å². The second kappa shape index (κ2) is 69.0. The Kier molecular flexibility index (Phi) is 65.4. The molecule has 0 bridgehead atoms. The summed E-state index contributed by atoms with van der Waals surface area (Å²) in [5, 5.41) is 23.2. The van der Waals surface area contributed by atoms with Crippen molar-refractivity contribution in [3.05, 3.63) is 170 Å². The third kappa shape index (κ3) is 64.6. The van der Waals surface area contributed by atoms with E-state index in [0.717, 1.165) is 128 Å². The fraction of sp³-hybridized carbons (Fsp3) is 0.618. The molecule has 0 saturated carbocycles. The molecular weight excluding hydrogens is 975 g/mol. The minimum Gasteiger partial charge on any atom is -0.394 e. The first-order chi connectivity index (χ1) is 39.7. The molecule has 0 rings (SSSR count). The Bertz CT molecular complexity index is 1720. The average Bonchev–Trinajstić information content (AvgIpc) is 3.46. The fourth-order valence-corrected chi connectivity index (χ4v) is 9.16. The van der Waals surface area contributed by atoms with Crippen LogP contribution in [-0.4, -0.2) is 34.9 Å². The Balaban J connectivity index is 3.69. The molecule has 2 atom stereocenters. The predicted molar refractivity (Wildman–Crippen MR) is 358 cm³/mol. The third-order valence-corrected chi connectivity index (χ3v) is 14.2. The van der Waals surface area contributed by atoms with Gasteiger partial charge in [0, 0.05) is 6.42 Å². The van der Waals surface area contributed by atoms with Crippen LogP contribution in [0.1, 0.15) is 284 Å². The van der Waals surface area contributed by atoms with E-state index in [1.807, 2.05) is 6.08 Å². The standard InChI is InChI=1S/C76H125NO3/c1-3-5-7-9-11-13-15-17-19-21-23-25-27-29-31-33-34-35-36-37-38-39-40-41-42-44-46-48-50-52-54-56-58-60-62-64-66-68-70-72-76(80)77-74(73-78)75(79)71-69-67-65-63-61-59-57-55-53-51-49-47-45-43-32-30-28-26-24-22-20-18-16-14-12-10-8-6-4-2/h5,7,11,13,17,19,23,25,29,31,34-35,37-38,40-41,44,46,50,52-53,55-56,58,61,63,69,71,74-75,78-79H,3-4,6,8-10,12,14-16,18,20-22,24,26-28,30,32-33,36,39,42-43,45,47-49,51,54,57,59-60,62,64-68,70,72-73H2,1-2H3,(H,77,80)/b7-5-,13-11-,19-17-,25-23-,31-29-,35-34-,38-37-,41-40-,46-44-,52-50-,55-53+,58-56-,63-61+,71-69+. The largest absolute Gasteiger partial charge is 0.394 e. The topological polar surface area (TPSA) is 69.6 Å². The zero-order chi connectivity index (χ0) is 57.6. The zero-order valence-electron chi connectivity index (χ0n) is 52.0. The summed E-state index contributed by atoms with van der Waals surface area (Å²) in [5.41, 5.74) is 0. The van der Waals surface area contributed by atoms with Crippen LogP contribution in [0.25, 0.3) is 0 Å². The number of amides is 1. The van der Waals surface area contributed by atoms with Gasteiger partial charge in [0.25, 0.3) is 0 Å². The van der Waals surface area contributed by atoms with E-state index >= 15 is 0 Å². The average molecular weight is 1100 g/mol. The molecule has 2 unspecified atom stereocenters. The van der Waals surface area contributed by atoms with Crippen molar-refractivity contribution in [3.8, 4) is 0 Å². The van der Waals surface area contributed by atoms with Gasteiger partial charge in [-0.25, -0.2) is 0 Å². The lowest BCUT2D eigenvalue weighted by atomic mass is 10.0. The molecule has 452 valence electrons. The number of nitrogens with one attached hydrogen (secondary N) is 1. The van der Waals surface area contributed by atoms with Gasteiger partial charge in [-0.3, -0.25) is 4.79 Å². The lowest BCUT2D eigenvalue weighted by molar-refractivity contribution is -0.123. The second-order valence-corrected chi connectivity index (χ2v) is 21.8. The predicted octanol–water partition coefficient (Wildman–Crippen LogP) is 23.0. The zero-order valence-corrected chi connectivity index (χ0v) is 52.0. The Hall–Kier alpha value is -4.25. The van der Waals surface area contributed by atoms with Gasteiger partial charge in [-0.05, 0) is 128 Å². The number of hydrogen-bond acceptors (Lipinski definition) is 3. The highest BCUT2D eigenvalue weighted by molar-refractivity contribution is 5.76. The number of aliphatic hydroxyl groups excluding tert-OH is 2. The van der Waals surface area contributed by atoms with Gasteiger partial charge in [-0.15, -0.1) is 0 Å². The number of allylic oxidation sites excluding steroid dienone is 27. The van der Waals surface area contributed by atoms with Gasteiger partial charge in [0.2, 0.25) is 5.91 Å². The highest BCUT2D eigenvalue weighted by Gasteiger charge is 2.18. The van der Waals surface area contributed by atoms with Crippen LogP contribution in [0.4, 0.5) is 0 Å². The van der Waals surface area contributed by atoms with Crippen molar-refractivity contribution >= 4 is 5.91 Å². The van der Waals surface area contributed by atoms with E-state index in [1.165, 1.54) is 135 Å². The van der Waals surface area contributed by atoms with E-state index in [9.17, 15) is 15.0 Å². The minimum absolute atomic E-state index is 0.102. The SMILES string of the molecule is CC/C=C\C/C=C\C/C=C\C/C=C\C/C=C\C/C=C\C/C=C\C/C=C\C/C=C\C/C=C\C/C=C\CCCCCCCC(=O)NC(CO)C(O)/C=C/CC/C=C/CC/C=C/CCCCCCCCCCCCCCCCCCCCC. The smallest absolute Gasteiger partial charge is 0.220 e. The molecule has 4 heteroatoms. The summed E-state index contributed by atoms with van der Waals surface area (Å²) in [5.74, 6) is -0.102. The van der Waals surface area contributed by atoms with Crippen molar-refractivity contribution in [3.63, 3.8) is 0 Å². The summed E-state index contributed by atoms with van der Waals surface area (Å²) in [6, 6.07) is -0.671. The fourth-order valence-electron chi connectivity index (χ4n) is 9.16. The highest BCUT2D eigenvalue weighted by atomic mass is 16.3. The van der Waals surface area contributed by atoms with Gasteiger partial charge >= 0.3 is 0 Å². The van der Waals surface area contributed by atoms with E-state index in [1.54, 1.807) is 6.08 Å². The molecule has 0 fully saturated rings. The van der Waals surface area contributed by atoms with E-state index in [-0.39, 0.29) is 12.5 Å². The second-order valence-electron chi connectivity index (χ2n) is 21.8. The molecule has 3 N–H and O–H groups in total. The summed E-state index contributed by atoms with van der Waals surface area (Å²) in [6.07, 6.45) is 111. The van der Waals surface area contributed by atoms with Gasteiger partial charge in [0.05, 0.1) is 18.8 Å². The Labute approximate surface area is 496 Å². The first kappa shape index (κ1) is 75.8. The number of hydrogen-bond donors (Lipinski definition) is 3. The maximum atomic E-state index is 12.5. The number of carbonyl (C=O) groups is 1. The highest BCUT2D eigenvalue weighted by Crippen LogP contribution is 2.16.